The van der Waals surface area contributed by atoms with Gasteiger partial charge in [0, 0.05) is 79.5 Å². The molecule has 4 aromatic rings. The second kappa shape index (κ2) is 23.5. The highest BCUT2D eigenvalue weighted by molar-refractivity contribution is 7.97. The summed E-state index contributed by atoms with van der Waals surface area (Å²) in [5, 5.41) is 8.94. The third-order valence-corrected chi connectivity index (χ3v) is 13.2. The molecule has 18 heteroatoms. The number of hydrogen-bond donors (Lipinski definition) is 3. The molecule has 3 N–H and O–H groups in total. The van der Waals surface area contributed by atoms with Crippen molar-refractivity contribution in [1.29, 1.82) is 0 Å². The second-order valence-corrected chi connectivity index (χ2v) is 17.9. The number of hydrogen-bond acceptors (Lipinski definition) is 14. The lowest BCUT2D eigenvalue weighted by Gasteiger charge is -2.34. The maximum atomic E-state index is 14.9. The summed E-state index contributed by atoms with van der Waals surface area (Å²) in [6.07, 6.45) is 6.86. The van der Waals surface area contributed by atoms with Crippen molar-refractivity contribution in [2.45, 2.75) is 82.3 Å². The molecule has 3 aliphatic heterocycles. The molecule has 1 atom stereocenters. The van der Waals surface area contributed by atoms with Gasteiger partial charge in [-0.25, -0.2) is 23.1 Å². The van der Waals surface area contributed by atoms with Gasteiger partial charge in [-0.2, -0.15) is 0 Å². The number of carbonyl (C=O) groups is 5. The van der Waals surface area contributed by atoms with Crippen LogP contribution in [0, 0.1) is 24.5 Å². The van der Waals surface area contributed by atoms with E-state index in [1.165, 1.54) is 13.1 Å². The van der Waals surface area contributed by atoms with Crippen LogP contribution in [0.25, 0.3) is 11.3 Å². The van der Waals surface area contributed by atoms with E-state index >= 15 is 0 Å². The van der Waals surface area contributed by atoms with E-state index in [4.69, 9.17) is 4.74 Å². The van der Waals surface area contributed by atoms with E-state index in [2.05, 4.69) is 30.2 Å². The summed E-state index contributed by atoms with van der Waals surface area (Å²) in [7, 11) is 3.44. The number of anilines is 4. The van der Waals surface area contributed by atoms with Crippen molar-refractivity contribution in [2.24, 2.45) is 5.92 Å². The molecular weight excluding hydrogens is 869 g/mol. The summed E-state index contributed by atoms with van der Waals surface area (Å²) in [5.41, 5.74) is 3.47. The van der Waals surface area contributed by atoms with E-state index < -0.39 is 29.5 Å². The van der Waals surface area contributed by atoms with Crippen LogP contribution in [-0.4, -0.2) is 122 Å². The first kappa shape index (κ1) is 49.5. The molecule has 352 valence electrons. The van der Waals surface area contributed by atoms with E-state index in [1.807, 2.05) is 67.1 Å². The molecule has 0 aliphatic carbocycles. The molecule has 2 saturated heterocycles. The van der Waals surface area contributed by atoms with Crippen LogP contribution in [-0.2, 0) is 19.2 Å². The standard InChI is InChI=1S/C27H32F2N6OS.C21H27N3O5/c1-17(2)35-12-13-36-26-22(28)14-18(15-24(26)35)25-23(29)16-31-27(33-25)32-20-4-6-21(7-5-20)37-34-10-8-19(30-3)9-11-34;1-15-5-3-6-17(23-10-8-16(13-26)9-11-23)19(15)21(29)24(14-27)18(7-4-12-25)20(28)22-2/h4-7,14-17,19,30H,8-13H2,1-3H3,(H,31,32,33);3,5-6,12-14,16,18H,4,7-11H2,1-2H3,(H,22,28). The SMILES string of the molecule is CNC(=O)C(CCC=O)N(C=O)C(=O)c1c(C)cccc1N1CCC(C=O)CC1.CNC1CCN(Sc2ccc(Nc3ncc(F)c(-c4cc(F)c5c(c4)N(C(C)C)CCO5)n3)cc2)CC1. The maximum absolute atomic E-state index is 14.9. The van der Waals surface area contributed by atoms with E-state index in [0.717, 1.165) is 53.9 Å². The topological polar surface area (TPSA) is 169 Å². The highest BCUT2D eigenvalue weighted by atomic mass is 32.2. The molecule has 66 heavy (non-hydrogen) atoms. The first-order chi connectivity index (χ1) is 31.9. The minimum atomic E-state index is -1.07. The lowest BCUT2D eigenvalue weighted by atomic mass is 9.96. The van der Waals surface area contributed by atoms with Crippen LogP contribution in [0.2, 0.25) is 0 Å². The Kier molecular flexibility index (Phi) is 17.6. The zero-order valence-electron chi connectivity index (χ0n) is 38.1. The number of amides is 3. The number of aromatic nitrogens is 2. The third-order valence-electron chi connectivity index (χ3n) is 12.1. The molecule has 4 heterocycles. The van der Waals surface area contributed by atoms with Crippen molar-refractivity contribution in [3.63, 3.8) is 0 Å². The van der Waals surface area contributed by atoms with Crippen molar-refractivity contribution in [2.75, 3.05) is 68.5 Å². The predicted molar refractivity (Wildman–Crippen MR) is 252 cm³/mol. The Balaban J connectivity index is 0.000000226. The summed E-state index contributed by atoms with van der Waals surface area (Å²) in [5.74, 6) is -1.79. The summed E-state index contributed by atoms with van der Waals surface area (Å²) < 4.78 is 37.7. The molecule has 0 radical (unpaired) electrons. The van der Waals surface area contributed by atoms with Crippen LogP contribution < -0.4 is 30.5 Å². The van der Waals surface area contributed by atoms with Gasteiger partial charge < -0.3 is 40.1 Å². The Morgan fingerprint density at radius 2 is 1.67 bits per heavy atom. The van der Waals surface area contributed by atoms with Crippen LogP contribution in [0.5, 0.6) is 5.75 Å². The molecule has 0 saturated carbocycles. The number of aldehydes is 2. The lowest BCUT2D eigenvalue weighted by molar-refractivity contribution is -0.131. The number of piperidine rings is 2. The molecule has 1 aromatic heterocycles. The Labute approximate surface area is 389 Å². The minimum absolute atomic E-state index is 0.0163. The molecule has 3 aliphatic rings. The predicted octanol–water partition coefficient (Wildman–Crippen LogP) is 6.57. The van der Waals surface area contributed by atoms with Crippen molar-refractivity contribution in [3.8, 4) is 17.0 Å². The van der Waals surface area contributed by atoms with Gasteiger partial charge in [0.2, 0.25) is 18.3 Å². The van der Waals surface area contributed by atoms with Gasteiger partial charge in [0.15, 0.2) is 17.4 Å². The maximum Gasteiger partial charge on any atom is 0.263 e. The van der Waals surface area contributed by atoms with Crippen molar-refractivity contribution >= 4 is 65.8 Å². The molecule has 2 fully saturated rings. The number of nitrogens with one attached hydrogen (secondary N) is 3. The number of nitrogens with zero attached hydrogens (tertiary/aromatic N) is 6. The summed E-state index contributed by atoms with van der Waals surface area (Å²) >= 11 is 1.76. The number of likely N-dealkylation sites (N-methyl/N-ethyl adjacent to an activating group) is 1. The monoisotopic (exact) mass is 927 g/mol. The molecule has 0 bridgehead atoms. The molecule has 15 nitrogen and oxygen atoms in total. The first-order valence-corrected chi connectivity index (χ1v) is 23.1. The fourth-order valence-electron chi connectivity index (χ4n) is 8.37. The van der Waals surface area contributed by atoms with Crippen molar-refractivity contribution < 1.29 is 37.5 Å². The van der Waals surface area contributed by atoms with E-state index in [9.17, 15) is 32.8 Å². The Morgan fingerprint density at radius 3 is 2.30 bits per heavy atom. The van der Waals surface area contributed by atoms with Gasteiger partial charge in [0.1, 0.15) is 30.9 Å². The van der Waals surface area contributed by atoms with Crippen LogP contribution in [0.15, 0.2) is 65.7 Å². The number of aryl methyl sites for hydroxylation is 1. The lowest BCUT2D eigenvalue weighted by Crippen LogP contribution is -2.49. The van der Waals surface area contributed by atoms with Crippen molar-refractivity contribution in [1.82, 2.24) is 29.8 Å². The van der Waals surface area contributed by atoms with Gasteiger partial charge in [-0.1, -0.05) is 12.1 Å². The number of carbonyl (C=O) groups excluding carboxylic acids is 5. The summed E-state index contributed by atoms with van der Waals surface area (Å²) in [6.45, 7) is 10.2. The highest BCUT2D eigenvalue weighted by Gasteiger charge is 2.33. The Morgan fingerprint density at radius 1 is 0.939 bits per heavy atom. The minimum Gasteiger partial charge on any atom is -0.486 e. The largest absolute Gasteiger partial charge is 0.486 e. The van der Waals surface area contributed by atoms with Gasteiger partial charge in [-0.3, -0.25) is 19.3 Å². The first-order valence-electron chi connectivity index (χ1n) is 22.4. The smallest absolute Gasteiger partial charge is 0.263 e. The zero-order chi connectivity index (χ0) is 47.3. The Bertz CT molecular complexity index is 2320. The van der Waals surface area contributed by atoms with Gasteiger partial charge >= 0.3 is 0 Å². The molecule has 7 rings (SSSR count). The average Bonchev–Trinajstić information content (AvgIpc) is 3.33. The molecule has 3 amide bonds. The molecule has 1 unspecified atom stereocenters. The third kappa shape index (κ3) is 12.1. The normalized spacial score (nSPS) is 16.0. The average molecular weight is 928 g/mol. The number of fused-ring (bicyclic) bond motifs is 1. The van der Waals surface area contributed by atoms with Crippen LogP contribution >= 0.6 is 11.9 Å². The van der Waals surface area contributed by atoms with Crippen LogP contribution in [0.1, 0.15) is 68.3 Å². The van der Waals surface area contributed by atoms with Gasteiger partial charge in [0.25, 0.3) is 5.91 Å². The second-order valence-electron chi connectivity index (χ2n) is 16.7. The van der Waals surface area contributed by atoms with Gasteiger partial charge in [0.05, 0.1) is 24.0 Å². The zero-order valence-corrected chi connectivity index (χ0v) is 38.9. The van der Waals surface area contributed by atoms with Crippen LogP contribution in [0.4, 0.5) is 31.8 Å². The number of halogens is 2. The molecule has 0 spiro atoms. The van der Waals surface area contributed by atoms with Gasteiger partial charge in [-0.05, 0) is 120 Å². The number of ether oxygens (including phenoxy) is 1. The quantitative estimate of drug-likeness (QED) is 0.0816. The Hall–Kier alpha value is -5.98. The number of imide groups is 1. The fraction of sp³-hybridized carbons (Fsp3) is 0.438. The number of benzene rings is 3. The van der Waals surface area contributed by atoms with E-state index in [1.54, 1.807) is 31.0 Å². The van der Waals surface area contributed by atoms with Crippen LogP contribution in [0.3, 0.4) is 0 Å². The van der Waals surface area contributed by atoms with E-state index in [-0.39, 0.29) is 42.2 Å². The number of rotatable bonds is 16. The highest BCUT2D eigenvalue weighted by Crippen LogP contribution is 2.40. The molecular formula is C48H59F2N9O6S. The molecule has 3 aromatic carbocycles. The van der Waals surface area contributed by atoms with Gasteiger partial charge in [-0.15, -0.1) is 0 Å². The summed E-state index contributed by atoms with van der Waals surface area (Å²) in [4.78, 5) is 73.8. The van der Waals surface area contributed by atoms with Crippen molar-refractivity contribution in [3.05, 3.63) is 83.6 Å². The summed E-state index contributed by atoms with van der Waals surface area (Å²) in [6, 6.07) is 16.1. The van der Waals surface area contributed by atoms with E-state index in [0.29, 0.717) is 85.9 Å². The fourth-order valence-corrected chi connectivity index (χ4v) is 9.32.